The van der Waals surface area contributed by atoms with Gasteiger partial charge in [0.05, 0.1) is 0 Å². The Kier molecular flexibility index (Phi) is 11.0. The van der Waals surface area contributed by atoms with Crippen LogP contribution in [0, 0.1) is 0 Å². The zero-order chi connectivity index (χ0) is 21.0. The molecule has 1 aromatic rings. The van der Waals surface area contributed by atoms with Gasteiger partial charge in [-0.3, -0.25) is 9.78 Å². The SMILES string of the molecule is CC.CC.CNC(=O)c1ccc(C2=CCN(C(=O)OC(C)(C)C)CC2)cn1. The molecule has 1 aliphatic rings. The molecule has 0 spiro atoms. The Morgan fingerprint density at radius 3 is 2.19 bits per heavy atom. The van der Waals surface area contributed by atoms with Crippen LogP contribution in [0.15, 0.2) is 24.4 Å². The van der Waals surface area contributed by atoms with Crippen LogP contribution in [0.5, 0.6) is 0 Å². The van der Waals surface area contributed by atoms with Gasteiger partial charge < -0.3 is 15.0 Å². The van der Waals surface area contributed by atoms with Gasteiger partial charge in [0.15, 0.2) is 0 Å². The zero-order valence-corrected chi connectivity index (χ0v) is 18.0. The van der Waals surface area contributed by atoms with E-state index in [1.54, 1.807) is 24.2 Å². The van der Waals surface area contributed by atoms with Crippen LogP contribution in [0.1, 0.15) is 70.9 Å². The van der Waals surface area contributed by atoms with E-state index in [1.807, 2.05) is 60.6 Å². The number of carbonyl (C=O) groups is 2. The highest BCUT2D eigenvalue weighted by molar-refractivity contribution is 5.92. The maximum atomic E-state index is 12.0. The van der Waals surface area contributed by atoms with Crippen LogP contribution in [0.3, 0.4) is 0 Å². The lowest BCUT2D eigenvalue weighted by Gasteiger charge is -2.29. The van der Waals surface area contributed by atoms with E-state index in [0.717, 1.165) is 17.6 Å². The topological polar surface area (TPSA) is 71.5 Å². The first kappa shape index (κ1) is 24.6. The summed E-state index contributed by atoms with van der Waals surface area (Å²) < 4.78 is 5.37. The standard InChI is InChI=1S/C17H23N3O3.2C2H6/c1-17(2,3)23-16(22)20-9-7-12(8-10-20)13-5-6-14(19-11-13)15(21)18-4;2*1-2/h5-7,11H,8-10H2,1-4H3,(H,18,21);2*1-2H3. The van der Waals surface area contributed by atoms with Crippen LogP contribution in [0.2, 0.25) is 0 Å². The smallest absolute Gasteiger partial charge is 0.410 e. The molecule has 0 unspecified atom stereocenters. The molecular formula is C21H35N3O3. The van der Waals surface area contributed by atoms with E-state index in [4.69, 9.17) is 4.74 Å². The van der Waals surface area contributed by atoms with Crippen molar-refractivity contribution >= 4 is 17.6 Å². The molecule has 2 heterocycles. The van der Waals surface area contributed by atoms with E-state index in [2.05, 4.69) is 10.3 Å². The number of nitrogens with one attached hydrogen (secondary N) is 1. The average molecular weight is 378 g/mol. The van der Waals surface area contributed by atoms with Crippen molar-refractivity contribution in [2.24, 2.45) is 0 Å². The van der Waals surface area contributed by atoms with E-state index >= 15 is 0 Å². The third kappa shape index (κ3) is 8.24. The van der Waals surface area contributed by atoms with Crippen LogP contribution in [0.4, 0.5) is 4.79 Å². The zero-order valence-electron chi connectivity index (χ0n) is 18.0. The largest absolute Gasteiger partial charge is 0.444 e. The molecule has 0 bridgehead atoms. The van der Waals surface area contributed by atoms with Crippen LogP contribution in [0.25, 0.3) is 5.57 Å². The third-order valence-corrected chi connectivity index (χ3v) is 3.45. The number of ether oxygens (including phenoxy) is 1. The van der Waals surface area contributed by atoms with Gasteiger partial charge in [0.1, 0.15) is 11.3 Å². The fraction of sp³-hybridized carbons (Fsp3) is 0.571. The van der Waals surface area contributed by atoms with Crippen molar-refractivity contribution < 1.29 is 14.3 Å². The molecule has 6 heteroatoms. The molecule has 27 heavy (non-hydrogen) atoms. The molecule has 1 aliphatic heterocycles. The second kappa shape index (κ2) is 12.1. The second-order valence-electron chi connectivity index (χ2n) is 6.42. The Bertz CT molecular complexity index is 617. The monoisotopic (exact) mass is 377 g/mol. The van der Waals surface area contributed by atoms with Crippen molar-refractivity contribution in [1.82, 2.24) is 15.2 Å². The number of amides is 2. The Morgan fingerprint density at radius 1 is 1.15 bits per heavy atom. The van der Waals surface area contributed by atoms with Crippen molar-refractivity contribution in [1.29, 1.82) is 0 Å². The van der Waals surface area contributed by atoms with Gasteiger partial charge in [-0.05, 0) is 44.4 Å². The van der Waals surface area contributed by atoms with Crippen molar-refractivity contribution in [3.63, 3.8) is 0 Å². The Labute approximate surface area is 164 Å². The van der Waals surface area contributed by atoms with Crippen molar-refractivity contribution in [3.05, 3.63) is 35.7 Å². The maximum Gasteiger partial charge on any atom is 0.410 e. The predicted octanol–water partition coefficient (Wildman–Crippen LogP) is 4.52. The number of hydrogen-bond donors (Lipinski definition) is 1. The number of carbonyl (C=O) groups excluding carboxylic acids is 2. The molecule has 1 aromatic heterocycles. The molecule has 2 amide bonds. The summed E-state index contributed by atoms with van der Waals surface area (Å²) in [6, 6.07) is 3.59. The first-order chi connectivity index (χ1) is 12.8. The lowest BCUT2D eigenvalue weighted by Crippen LogP contribution is -2.39. The van der Waals surface area contributed by atoms with Gasteiger partial charge in [-0.15, -0.1) is 0 Å². The summed E-state index contributed by atoms with van der Waals surface area (Å²) in [5.41, 5.74) is 2.01. The van der Waals surface area contributed by atoms with E-state index in [9.17, 15) is 9.59 Å². The number of rotatable bonds is 2. The minimum atomic E-state index is -0.485. The Balaban J connectivity index is 0.00000158. The second-order valence-corrected chi connectivity index (χ2v) is 6.42. The molecule has 1 N–H and O–H groups in total. The van der Waals surface area contributed by atoms with Crippen LogP contribution in [-0.2, 0) is 4.74 Å². The molecule has 0 saturated carbocycles. The summed E-state index contributed by atoms with van der Waals surface area (Å²) in [5, 5.41) is 2.54. The number of aromatic nitrogens is 1. The molecule has 0 fully saturated rings. The van der Waals surface area contributed by atoms with Gasteiger partial charge in [-0.1, -0.05) is 39.8 Å². The number of nitrogens with zero attached hydrogens (tertiary/aromatic N) is 2. The van der Waals surface area contributed by atoms with Crippen LogP contribution < -0.4 is 5.32 Å². The average Bonchev–Trinajstić information content (AvgIpc) is 2.69. The summed E-state index contributed by atoms with van der Waals surface area (Å²) in [6.45, 7) is 14.7. The fourth-order valence-electron chi connectivity index (χ4n) is 2.27. The first-order valence-corrected chi connectivity index (χ1v) is 9.65. The fourth-order valence-corrected chi connectivity index (χ4v) is 2.27. The minimum absolute atomic E-state index is 0.203. The summed E-state index contributed by atoms with van der Waals surface area (Å²) in [7, 11) is 1.58. The molecule has 0 aliphatic carbocycles. The lowest BCUT2D eigenvalue weighted by atomic mass is 10.0. The number of pyridine rings is 1. The molecular weight excluding hydrogens is 342 g/mol. The highest BCUT2D eigenvalue weighted by Crippen LogP contribution is 2.23. The first-order valence-electron chi connectivity index (χ1n) is 9.65. The summed E-state index contributed by atoms with van der Waals surface area (Å²) in [4.78, 5) is 29.4. The quantitative estimate of drug-likeness (QED) is 0.822. The van der Waals surface area contributed by atoms with Crippen molar-refractivity contribution in [2.45, 2.75) is 60.5 Å². The third-order valence-electron chi connectivity index (χ3n) is 3.45. The number of hydrogen-bond acceptors (Lipinski definition) is 4. The molecule has 152 valence electrons. The van der Waals surface area contributed by atoms with Gasteiger partial charge >= 0.3 is 6.09 Å². The molecule has 0 saturated heterocycles. The Morgan fingerprint density at radius 2 is 1.78 bits per heavy atom. The van der Waals surface area contributed by atoms with Gasteiger partial charge in [0.25, 0.3) is 5.91 Å². The summed E-state index contributed by atoms with van der Waals surface area (Å²) in [5.74, 6) is -0.203. The van der Waals surface area contributed by atoms with Crippen molar-refractivity contribution in [2.75, 3.05) is 20.1 Å². The molecule has 0 radical (unpaired) electrons. The predicted molar refractivity (Wildman–Crippen MR) is 111 cm³/mol. The van der Waals surface area contributed by atoms with Crippen LogP contribution in [-0.4, -0.2) is 47.6 Å². The van der Waals surface area contributed by atoms with E-state index < -0.39 is 5.60 Å². The summed E-state index contributed by atoms with van der Waals surface area (Å²) in [6.07, 6.45) is 4.14. The van der Waals surface area contributed by atoms with Gasteiger partial charge in [-0.2, -0.15) is 0 Å². The normalized spacial score (nSPS) is 13.2. The molecule has 6 nitrogen and oxygen atoms in total. The highest BCUT2D eigenvalue weighted by atomic mass is 16.6. The van der Waals surface area contributed by atoms with Crippen molar-refractivity contribution in [3.8, 4) is 0 Å². The lowest BCUT2D eigenvalue weighted by molar-refractivity contribution is 0.0270. The van der Waals surface area contributed by atoms with E-state index in [1.165, 1.54) is 0 Å². The maximum absolute atomic E-state index is 12.0. The van der Waals surface area contributed by atoms with Gasteiger partial charge in [0.2, 0.25) is 0 Å². The Hall–Kier alpha value is -2.37. The van der Waals surface area contributed by atoms with Gasteiger partial charge in [-0.25, -0.2) is 4.79 Å². The minimum Gasteiger partial charge on any atom is -0.444 e. The molecule has 0 atom stereocenters. The molecule has 2 rings (SSSR count). The summed E-state index contributed by atoms with van der Waals surface area (Å²) >= 11 is 0. The van der Waals surface area contributed by atoms with Gasteiger partial charge in [0, 0.05) is 26.3 Å². The highest BCUT2D eigenvalue weighted by Gasteiger charge is 2.23. The van der Waals surface area contributed by atoms with E-state index in [0.29, 0.717) is 18.8 Å². The molecule has 0 aromatic carbocycles. The van der Waals surface area contributed by atoms with E-state index in [-0.39, 0.29) is 12.0 Å². The van der Waals surface area contributed by atoms with Crippen LogP contribution >= 0.6 is 0 Å².